The van der Waals surface area contributed by atoms with Crippen LogP contribution < -0.4 is 10.4 Å². The maximum atomic E-state index is 12.2. The van der Waals surface area contributed by atoms with Crippen molar-refractivity contribution in [1.82, 2.24) is 9.13 Å². The molecule has 3 rings (SSSR count). The Morgan fingerprint density at radius 1 is 1.35 bits per heavy atom. The number of hydrogen-bond acceptors (Lipinski definition) is 2. The van der Waals surface area contributed by atoms with Crippen LogP contribution in [0.5, 0.6) is 5.75 Å². The molecular formula is C16H20N2O2. The molecule has 1 aromatic heterocycles. The molecule has 1 aromatic carbocycles. The first-order chi connectivity index (χ1) is 9.54. The zero-order chi connectivity index (χ0) is 14.3. The monoisotopic (exact) mass is 272 g/mol. The third-order valence-electron chi connectivity index (χ3n) is 3.79. The van der Waals surface area contributed by atoms with E-state index in [4.69, 9.17) is 4.74 Å². The zero-order valence-electron chi connectivity index (χ0n) is 12.2. The van der Waals surface area contributed by atoms with Gasteiger partial charge in [0.1, 0.15) is 11.9 Å². The lowest BCUT2D eigenvalue weighted by molar-refractivity contribution is 0.207. The molecule has 0 fully saturated rings. The van der Waals surface area contributed by atoms with Crippen LogP contribution in [0.2, 0.25) is 0 Å². The van der Waals surface area contributed by atoms with Gasteiger partial charge in [-0.05, 0) is 32.4 Å². The SMILES string of the molecule is Cc1ccc2c(c1)CC(Cn1ccn(C(C)C)c1=O)O2. The quantitative estimate of drug-likeness (QED) is 0.861. The number of nitrogens with zero attached hydrogens (tertiary/aromatic N) is 2. The van der Waals surface area contributed by atoms with Crippen molar-refractivity contribution in [2.75, 3.05) is 0 Å². The number of ether oxygens (including phenoxy) is 1. The minimum atomic E-state index is 0.0377. The normalized spacial score (nSPS) is 17.3. The van der Waals surface area contributed by atoms with Gasteiger partial charge in [0, 0.05) is 24.9 Å². The van der Waals surface area contributed by atoms with E-state index < -0.39 is 0 Å². The van der Waals surface area contributed by atoms with Gasteiger partial charge in [-0.25, -0.2) is 4.79 Å². The fourth-order valence-electron chi connectivity index (χ4n) is 2.73. The maximum Gasteiger partial charge on any atom is 0.328 e. The molecule has 0 saturated carbocycles. The van der Waals surface area contributed by atoms with E-state index in [1.165, 1.54) is 11.1 Å². The second kappa shape index (κ2) is 4.85. The molecule has 1 aliphatic rings. The Labute approximate surface area is 118 Å². The lowest BCUT2D eigenvalue weighted by Crippen LogP contribution is -2.30. The lowest BCUT2D eigenvalue weighted by atomic mass is 10.1. The van der Waals surface area contributed by atoms with Crippen molar-refractivity contribution in [3.63, 3.8) is 0 Å². The molecule has 106 valence electrons. The summed E-state index contributed by atoms with van der Waals surface area (Å²) in [6.45, 7) is 6.71. The van der Waals surface area contributed by atoms with Crippen LogP contribution in [-0.4, -0.2) is 15.2 Å². The van der Waals surface area contributed by atoms with Crippen LogP contribution in [0.15, 0.2) is 35.4 Å². The highest BCUT2D eigenvalue weighted by Crippen LogP contribution is 2.29. The number of aryl methyl sites for hydroxylation is 1. The van der Waals surface area contributed by atoms with Gasteiger partial charge in [-0.3, -0.25) is 9.13 Å². The van der Waals surface area contributed by atoms with Gasteiger partial charge >= 0.3 is 5.69 Å². The third-order valence-corrected chi connectivity index (χ3v) is 3.79. The van der Waals surface area contributed by atoms with Crippen molar-refractivity contribution in [1.29, 1.82) is 0 Å². The Morgan fingerprint density at radius 2 is 2.15 bits per heavy atom. The van der Waals surface area contributed by atoms with E-state index in [1.807, 2.05) is 32.3 Å². The van der Waals surface area contributed by atoms with Crippen molar-refractivity contribution < 1.29 is 4.74 Å². The van der Waals surface area contributed by atoms with E-state index in [2.05, 4.69) is 19.1 Å². The van der Waals surface area contributed by atoms with Crippen LogP contribution in [0.3, 0.4) is 0 Å². The van der Waals surface area contributed by atoms with E-state index in [0.717, 1.165) is 12.2 Å². The highest BCUT2D eigenvalue weighted by molar-refractivity contribution is 5.40. The fourth-order valence-corrected chi connectivity index (χ4v) is 2.73. The first kappa shape index (κ1) is 13.0. The van der Waals surface area contributed by atoms with Crippen molar-refractivity contribution in [3.8, 4) is 5.75 Å². The molecule has 0 N–H and O–H groups in total. The number of hydrogen-bond donors (Lipinski definition) is 0. The standard InChI is InChI=1S/C16H20N2O2/c1-11(2)18-7-6-17(16(18)19)10-14-9-13-8-12(3)4-5-15(13)20-14/h4-8,11,14H,9-10H2,1-3H3. The maximum absolute atomic E-state index is 12.2. The van der Waals surface area contributed by atoms with Crippen LogP contribution in [-0.2, 0) is 13.0 Å². The molecule has 0 aliphatic carbocycles. The summed E-state index contributed by atoms with van der Waals surface area (Å²) in [6, 6.07) is 6.43. The highest BCUT2D eigenvalue weighted by Gasteiger charge is 2.24. The second-order valence-electron chi connectivity index (χ2n) is 5.79. The summed E-state index contributed by atoms with van der Waals surface area (Å²) in [7, 11) is 0. The smallest absolute Gasteiger partial charge is 0.328 e. The molecule has 0 radical (unpaired) electrons. The van der Waals surface area contributed by atoms with E-state index in [9.17, 15) is 4.79 Å². The molecule has 1 aliphatic heterocycles. The van der Waals surface area contributed by atoms with E-state index >= 15 is 0 Å². The summed E-state index contributed by atoms with van der Waals surface area (Å²) < 4.78 is 9.40. The van der Waals surface area contributed by atoms with Crippen molar-refractivity contribution in [2.45, 2.75) is 45.9 Å². The summed E-state index contributed by atoms with van der Waals surface area (Å²) in [5.41, 5.74) is 2.53. The molecule has 1 unspecified atom stereocenters. The van der Waals surface area contributed by atoms with Crippen LogP contribution in [0.1, 0.15) is 31.0 Å². The van der Waals surface area contributed by atoms with Gasteiger partial charge in [0.15, 0.2) is 0 Å². The van der Waals surface area contributed by atoms with E-state index in [1.54, 1.807) is 9.13 Å². The van der Waals surface area contributed by atoms with Crippen molar-refractivity contribution in [2.24, 2.45) is 0 Å². The van der Waals surface area contributed by atoms with Gasteiger partial charge in [-0.2, -0.15) is 0 Å². The molecule has 2 heterocycles. The molecule has 4 nitrogen and oxygen atoms in total. The van der Waals surface area contributed by atoms with Crippen LogP contribution in [0, 0.1) is 6.92 Å². The van der Waals surface area contributed by atoms with Crippen molar-refractivity contribution >= 4 is 0 Å². The Morgan fingerprint density at radius 3 is 2.85 bits per heavy atom. The summed E-state index contributed by atoms with van der Waals surface area (Å²) in [5, 5.41) is 0. The average Bonchev–Trinajstić information content (AvgIpc) is 2.93. The van der Waals surface area contributed by atoms with Gasteiger partial charge in [0.2, 0.25) is 0 Å². The molecule has 1 atom stereocenters. The first-order valence-corrected chi connectivity index (χ1v) is 7.08. The molecule has 2 aromatic rings. The number of benzene rings is 1. The zero-order valence-corrected chi connectivity index (χ0v) is 12.2. The Kier molecular flexibility index (Phi) is 3.16. The summed E-state index contributed by atoms with van der Waals surface area (Å²) in [6.07, 6.45) is 4.61. The first-order valence-electron chi connectivity index (χ1n) is 7.08. The van der Waals surface area contributed by atoms with Crippen LogP contribution in [0.25, 0.3) is 0 Å². The van der Waals surface area contributed by atoms with E-state index in [0.29, 0.717) is 6.54 Å². The number of fused-ring (bicyclic) bond motifs is 1. The predicted octanol–water partition coefficient (Wildman–Crippen LogP) is 2.54. The fraction of sp³-hybridized carbons (Fsp3) is 0.438. The Bertz CT molecular complexity index is 682. The third kappa shape index (κ3) is 2.26. The van der Waals surface area contributed by atoms with Gasteiger partial charge in [0.05, 0.1) is 6.54 Å². The topological polar surface area (TPSA) is 36.2 Å². The molecular weight excluding hydrogens is 252 g/mol. The molecule has 20 heavy (non-hydrogen) atoms. The van der Waals surface area contributed by atoms with Crippen molar-refractivity contribution in [3.05, 3.63) is 52.2 Å². The highest BCUT2D eigenvalue weighted by atomic mass is 16.5. The van der Waals surface area contributed by atoms with Crippen LogP contribution >= 0.6 is 0 Å². The summed E-state index contributed by atoms with van der Waals surface area (Å²) >= 11 is 0. The van der Waals surface area contributed by atoms with E-state index in [-0.39, 0.29) is 17.8 Å². The summed E-state index contributed by atoms with van der Waals surface area (Å²) in [5.74, 6) is 0.956. The minimum Gasteiger partial charge on any atom is -0.488 e. The van der Waals surface area contributed by atoms with Gasteiger partial charge in [-0.15, -0.1) is 0 Å². The Hall–Kier alpha value is -1.97. The largest absolute Gasteiger partial charge is 0.488 e. The molecule has 0 amide bonds. The molecule has 4 heteroatoms. The van der Waals surface area contributed by atoms with Gasteiger partial charge in [0.25, 0.3) is 0 Å². The number of rotatable bonds is 3. The lowest BCUT2D eigenvalue weighted by Gasteiger charge is -2.11. The predicted molar refractivity (Wildman–Crippen MR) is 78.4 cm³/mol. The molecule has 0 spiro atoms. The van der Waals surface area contributed by atoms with Gasteiger partial charge in [-0.1, -0.05) is 17.7 Å². The number of aromatic nitrogens is 2. The Balaban J connectivity index is 1.77. The minimum absolute atomic E-state index is 0.0377. The second-order valence-corrected chi connectivity index (χ2v) is 5.79. The number of imidazole rings is 1. The average molecular weight is 272 g/mol. The molecule has 0 bridgehead atoms. The van der Waals surface area contributed by atoms with Gasteiger partial charge < -0.3 is 4.74 Å². The van der Waals surface area contributed by atoms with Crippen LogP contribution in [0.4, 0.5) is 0 Å². The summed E-state index contributed by atoms with van der Waals surface area (Å²) in [4.78, 5) is 12.2. The molecule has 0 saturated heterocycles.